The van der Waals surface area contributed by atoms with Crippen LogP contribution in [-0.2, 0) is 6.42 Å². The van der Waals surface area contributed by atoms with Gasteiger partial charge >= 0.3 is 0 Å². The Kier molecular flexibility index (Phi) is 2.41. The van der Waals surface area contributed by atoms with Crippen molar-refractivity contribution in [1.29, 1.82) is 0 Å². The SMILES string of the molecule is C=CCc1nc2ccccc2c(=S)[nH]1. The predicted octanol–water partition coefficient (Wildman–Crippen LogP) is 3.02. The van der Waals surface area contributed by atoms with Crippen molar-refractivity contribution in [1.82, 2.24) is 9.97 Å². The molecule has 0 saturated heterocycles. The first-order valence-corrected chi connectivity index (χ1v) is 4.81. The minimum Gasteiger partial charge on any atom is -0.334 e. The summed E-state index contributed by atoms with van der Waals surface area (Å²) in [5, 5.41) is 0.996. The number of fused-ring (bicyclic) bond motifs is 1. The Morgan fingerprint density at radius 1 is 1.43 bits per heavy atom. The Hall–Kier alpha value is -1.48. The van der Waals surface area contributed by atoms with E-state index in [1.54, 1.807) is 0 Å². The monoisotopic (exact) mass is 202 g/mol. The van der Waals surface area contributed by atoms with Crippen LogP contribution in [0.5, 0.6) is 0 Å². The number of allylic oxidation sites excluding steroid dienone is 1. The van der Waals surface area contributed by atoms with Gasteiger partial charge in [-0.25, -0.2) is 4.98 Å². The zero-order chi connectivity index (χ0) is 9.97. The molecule has 0 fully saturated rings. The number of aromatic amines is 1. The van der Waals surface area contributed by atoms with Gasteiger partial charge < -0.3 is 4.98 Å². The lowest BCUT2D eigenvalue weighted by molar-refractivity contribution is 1.01. The van der Waals surface area contributed by atoms with Crippen LogP contribution in [0.2, 0.25) is 0 Å². The highest BCUT2D eigenvalue weighted by Gasteiger charge is 1.98. The number of benzene rings is 1. The maximum Gasteiger partial charge on any atom is 0.114 e. The molecule has 0 amide bonds. The Balaban J connectivity index is 2.72. The molecule has 0 saturated carbocycles. The van der Waals surface area contributed by atoms with E-state index in [0.29, 0.717) is 6.42 Å². The normalized spacial score (nSPS) is 10.3. The maximum absolute atomic E-state index is 5.23. The molecule has 3 heteroatoms. The summed E-state index contributed by atoms with van der Waals surface area (Å²) >= 11 is 5.23. The molecule has 1 N–H and O–H groups in total. The highest BCUT2D eigenvalue weighted by atomic mass is 32.1. The number of nitrogens with one attached hydrogen (secondary N) is 1. The summed E-state index contributed by atoms with van der Waals surface area (Å²) in [7, 11) is 0. The number of aromatic nitrogens is 2. The Bertz CT molecular complexity index is 528. The molecule has 2 rings (SSSR count). The van der Waals surface area contributed by atoms with Crippen molar-refractivity contribution >= 4 is 23.1 Å². The van der Waals surface area contributed by atoms with Gasteiger partial charge in [-0.3, -0.25) is 0 Å². The highest BCUT2D eigenvalue weighted by Crippen LogP contribution is 2.11. The van der Waals surface area contributed by atoms with Gasteiger partial charge in [-0.05, 0) is 12.1 Å². The second kappa shape index (κ2) is 3.72. The third kappa shape index (κ3) is 1.59. The topological polar surface area (TPSA) is 28.7 Å². The lowest BCUT2D eigenvalue weighted by Crippen LogP contribution is -1.94. The molecule has 14 heavy (non-hydrogen) atoms. The van der Waals surface area contributed by atoms with Crippen molar-refractivity contribution in [2.45, 2.75) is 6.42 Å². The minimum atomic E-state index is 0.717. The van der Waals surface area contributed by atoms with Crippen molar-refractivity contribution in [3.05, 3.63) is 47.4 Å². The number of rotatable bonds is 2. The summed E-state index contributed by atoms with van der Waals surface area (Å²) in [6.45, 7) is 3.67. The molecular formula is C11H10N2S. The third-order valence-corrected chi connectivity index (χ3v) is 2.32. The van der Waals surface area contributed by atoms with Crippen LogP contribution >= 0.6 is 12.2 Å². The van der Waals surface area contributed by atoms with Crippen LogP contribution in [0.3, 0.4) is 0 Å². The summed E-state index contributed by atoms with van der Waals surface area (Å²) in [5.41, 5.74) is 0.938. The molecule has 70 valence electrons. The summed E-state index contributed by atoms with van der Waals surface area (Å²) < 4.78 is 0.743. The number of para-hydroxylation sites is 1. The van der Waals surface area contributed by atoms with Crippen LogP contribution in [0, 0.1) is 4.64 Å². The van der Waals surface area contributed by atoms with E-state index in [1.807, 2.05) is 30.3 Å². The van der Waals surface area contributed by atoms with Gasteiger partial charge in [-0.15, -0.1) is 6.58 Å². The number of hydrogen-bond donors (Lipinski definition) is 1. The molecule has 0 spiro atoms. The van der Waals surface area contributed by atoms with Crippen LogP contribution in [0.15, 0.2) is 36.9 Å². The van der Waals surface area contributed by atoms with Crippen LogP contribution in [0.1, 0.15) is 5.82 Å². The summed E-state index contributed by atoms with van der Waals surface area (Å²) in [5.74, 6) is 0.865. The molecule has 0 aliphatic rings. The van der Waals surface area contributed by atoms with Gasteiger partial charge in [0, 0.05) is 11.8 Å². The van der Waals surface area contributed by atoms with Gasteiger partial charge in [0.15, 0.2) is 0 Å². The lowest BCUT2D eigenvalue weighted by atomic mass is 10.2. The fraction of sp³-hybridized carbons (Fsp3) is 0.0909. The van der Waals surface area contributed by atoms with Crippen molar-refractivity contribution in [2.24, 2.45) is 0 Å². The molecular weight excluding hydrogens is 192 g/mol. The Labute approximate surface area is 87.3 Å². The molecule has 0 aliphatic carbocycles. The van der Waals surface area contributed by atoms with Crippen LogP contribution in [0.4, 0.5) is 0 Å². The Morgan fingerprint density at radius 2 is 2.21 bits per heavy atom. The Morgan fingerprint density at radius 3 is 3.00 bits per heavy atom. The fourth-order valence-corrected chi connectivity index (χ4v) is 1.66. The highest BCUT2D eigenvalue weighted by molar-refractivity contribution is 7.71. The predicted molar refractivity (Wildman–Crippen MR) is 60.8 cm³/mol. The molecule has 1 aromatic heterocycles. The number of H-pyrrole nitrogens is 1. The van der Waals surface area contributed by atoms with Gasteiger partial charge in [0.1, 0.15) is 10.5 Å². The summed E-state index contributed by atoms with van der Waals surface area (Å²) in [4.78, 5) is 7.52. The van der Waals surface area contributed by atoms with Gasteiger partial charge in [-0.1, -0.05) is 30.4 Å². The zero-order valence-electron chi connectivity index (χ0n) is 7.66. The van der Waals surface area contributed by atoms with E-state index in [9.17, 15) is 0 Å². The minimum absolute atomic E-state index is 0.717. The standard InChI is InChI=1S/C11H10N2S/c1-2-5-10-12-9-7-4-3-6-8(9)11(14)13-10/h2-4,6-7H,1,5H2,(H,12,13,14). The van der Waals surface area contributed by atoms with Gasteiger partial charge in [0.25, 0.3) is 0 Å². The quantitative estimate of drug-likeness (QED) is 0.599. The molecule has 0 atom stereocenters. The summed E-state index contributed by atoms with van der Waals surface area (Å²) in [6, 6.07) is 7.85. The van der Waals surface area contributed by atoms with E-state index in [0.717, 1.165) is 21.4 Å². The third-order valence-electron chi connectivity index (χ3n) is 2.00. The van der Waals surface area contributed by atoms with Crippen molar-refractivity contribution in [3.8, 4) is 0 Å². The average Bonchev–Trinajstić information content (AvgIpc) is 2.18. The number of hydrogen-bond acceptors (Lipinski definition) is 2. The maximum atomic E-state index is 5.23. The van der Waals surface area contributed by atoms with Crippen molar-refractivity contribution in [3.63, 3.8) is 0 Å². The molecule has 2 nitrogen and oxygen atoms in total. The first-order chi connectivity index (χ1) is 6.81. The van der Waals surface area contributed by atoms with Crippen molar-refractivity contribution in [2.75, 3.05) is 0 Å². The molecule has 0 aliphatic heterocycles. The van der Waals surface area contributed by atoms with E-state index in [2.05, 4.69) is 16.5 Å². The summed E-state index contributed by atoms with van der Waals surface area (Å²) in [6.07, 6.45) is 2.52. The smallest absolute Gasteiger partial charge is 0.114 e. The van der Waals surface area contributed by atoms with E-state index in [-0.39, 0.29) is 0 Å². The van der Waals surface area contributed by atoms with Crippen molar-refractivity contribution < 1.29 is 0 Å². The van der Waals surface area contributed by atoms with E-state index < -0.39 is 0 Å². The van der Waals surface area contributed by atoms with Crippen LogP contribution < -0.4 is 0 Å². The molecule has 1 heterocycles. The van der Waals surface area contributed by atoms with Gasteiger partial charge in [-0.2, -0.15) is 0 Å². The molecule has 0 radical (unpaired) electrons. The van der Waals surface area contributed by atoms with Crippen LogP contribution in [0.25, 0.3) is 10.9 Å². The largest absolute Gasteiger partial charge is 0.334 e. The first kappa shape index (κ1) is 9.09. The van der Waals surface area contributed by atoms with Gasteiger partial charge in [0.05, 0.1) is 5.52 Å². The second-order valence-corrected chi connectivity index (χ2v) is 3.43. The lowest BCUT2D eigenvalue weighted by Gasteiger charge is -2.00. The van der Waals surface area contributed by atoms with Gasteiger partial charge in [0.2, 0.25) is 0 Å². The molecule has 1 aromatic carbocycles. The van der Waals surface area contributed by atoms with E-state index in [4.69, 9.17) is 12.2 Å². The van der Waals surface area contributed by atoms with E-state index >= 15 is 0 Å². The van der Waals surface area contributed by atoms with Crippen LogP contribution in [-0.4, -0.2) is 9.97 Å². The molecule has 2 aromatic rings. The second-order valence-electron chi connectivity index (χ2n) is 3.02. The molecule has 0 bridgehead atoms. The zero-order valence-corrected chi connectivity index (χ0v) is 8.47. The van der Waals surface area contributed by atoms with E-state index in [1.165, 1.54) is 0 Å². The first-order valence-electron chi connectivity index (χ1n) is 4.40. The average molecular weight is 202 g/mol. The molecule has 0 unspecified atom stereocenters. The number of nitrogens with zero attached hydrogens (tertiary/aromatic N) is 1. The fourth-order valence-electron chi connectivity index (χ4n) is 1.37.